The molecule has 4 amide bonds. The van der Waals surface area contributed by atoms with Crippen LogP contribution < -0.4 is 5.32 Å². The first-order valence-electron chi connectivity index (χ1n) is 11.3. The van der Waals surface area contributed by atoms with Gasteiger partial charge in [0.25, 0.3) is 5.91 Å². The predicted molar refractivity (Wildman–Crippen MR) is 122 cm³/mol. The van der Waals surface area contributed by atoms with Gasteiger partial charge in [-0.1, -0.05) is 66.7 Å². The minimum atomic E-state index is -1.23. The first-order valence-corrected chi connectivity index (χ1v) is 11.3. The summed E-state index contributed by atoms with van der Waals surface area (Å²) in [4.78, 5) is 42.6. The summed E-state index contributed by atoms with van der Waals surface area (Å²) in [6, 6.07) is 18.3. The molecule has 1 saturated heterocycles. The lowest BCUT2D eigenvalue weighted by Gasteiger charge is -2.29. The Morgan fingerprint density at radius 2 is 1.72 bits per heavy atom. The summed E-state index contributed by atoms with van der Waals surface area (Å²) in [5.74, 6) is -0.618. The van der Waals surface area contributed by atoms with Crippen molar-refractivity contribution >= 4 is 17.8 Å². The summed E-state index contributed by atoms with van der Waals surface area (Å²) >= 11 is 0. The Labute approximate surface area is 188 Å². The number of imide groups is 1. The number of carbonyl (C=O) groups excluding carboxylic acids is 3. The summed E-state index contributed by atoms with van der Waals surface area (Å²) in [5, 5.41) is 2.93. The van der Waals surface area contributed by atoms with Crippen LogP contribution in [0.2, 0.25) is 0 Å². The lowest BCUT2D eigenvalue weighted by atomic mass is 9.83. The number of benzene rings is 2. The number of rotatable bonds is 7. The minimum Gasteiger partial charge on any atom is -0.319 e. The first kappa shape index (κ1) is 21.8. The van der Waals surface area contributed by atoms with Crippen LogP contribution in [0, 0.1) is 0 Å². The maximum absolute atomic E-state index is 13.7. The Morgan fingerprint density at radius 1 is 1.03 bits per heavy atom. The zero-order chi connectivity index (χ0) is 22.6. The lowest BCUT2D eigenvalue weighted by molar-refractivity contribution is -0.138. The Balaban J connectivity index is 1.62. The maximum Gasteiger partial charge on any atom is 0.325 e. The Hall–Kier alpha value is -3.41. The van der Waals surface area contributed by atoms with E-state index in [1.54, 1.807) is 4.90 Å². The highest BCUT2D eigenvalue weighted by molar-refractivity contribution is 6.09. The summed E-state index contributed by atoms with van der Waals surface area (Å²) in [6.45, 7) is 2.17. The van der Waals surface area contributed by atoms with Crippen LogP contribution in [-0.4, -0.2) is 40.7 Å². The summed E-state index contributed by atoms with van der Waals surface area (Å²) < 4.78 is 0. The Kier molecular flexibility index (Phi) is 6.40. The molecule has 1 heterocycles. The van der Waals surface area contributed by atoms with Gasteiger partial charge < -0.3 is 10.2 Å². The second kappa shape index (κ2) is 9.39. The highest BCUT2D eigenvalue weighted by Gasteiger charge is 2.53. The second-order valence-electron chi connectivity index (χ2n) is 8.33. The van der Waals surface area contributed by atoms with Crippen LogP contribution in [0.15, 0.2) is 72.4 Å². The van der Waals surface area contributed by atoms with Gasteiger partial charge in [0.05, 0.1) is 0 Å². The van der Waals surface area contributed by atoms with Gasteiger partial charge in [0.2, 0.25) is 5.91 Å². The van der Waals surface area contributed by atoms with E-state index in [-0.39, 0.29) is 18.4 Å². The third-order valence-electron chi connectivity index (χ3n) is 6.28. The number of nitrogens with zero attached hydrogens (tertiary/aromatic N) is 2. The highest BCUT2D eigenvalue weighted by atomic mass is 16.2. The molecule has 2 aliphatic rings. The van der Waals surface area contributed by atoms with Crippen LogP contribution >= 0.6 is 0 Å². The van der Waals surface area contributed by atoms with Crippen molar-refractivity contribution < 1.29 is 14.4 Å². The van der Waals surface area contributed by atoms with Gasteiger partial charge in [-0.3, -0.25) is 14.5 Å². The standard InChI is InChI=1S/C26H29N3O3/c1-2-28(22-16-10-5-11-17-22)23(30)19-29-24(31)26(27-25(29)32,21-14-8-4-9-15-21)18-20-12-6-3-7-13-20/h3-4,6-9,12-16H,2,5,10-11,17-19H2,1H3,(H,27,32)/t26-/m0/s1. The maximum atomic E-state index is 13.7. The van der Waals surface area contributed by atoms with Gasteiger partial charge >= 0.3 is 6.03 Å². The third-order valence-corrected chi connectivity index (χ3v) is 6.28. The number of hydrogen-bond acceptors (Lipinski definition) is 3. The number of urea groups is 1. The van der Waals surface area contributed by atoms with Crippen molar-refractivity contribution in [2.75, 3.05) is 13.1 Å². The molecule has 0 unspecified atom stereocenters. The fourth-order valence-electron chi connectivity index (χ4n) is 4.64. The molecule has 1 fully saturated rings. The summed E-state index contributed by atoms with van der Waals surface area (Å²) in [6.07, 6.45) is 6.39. The molecular weight excluding hydrogens is 402 g/mol. The van der Waals surface area contributed by atoms with Gasteiger partial charge in [0.1, 0.15) is 6.54 Å². The molecule has 1 aliphatic heterocycles. The molecule has 2 aromatic carbocycles. The molecule has 0 bridgehead atoms. The van der Waals surface area contributed by atoms with Crippen LogP contribution in [0.4, 0.5) is 4.79 Å². The molecule has 6 nitrogen and oxygen atoms in total. The van der Waals surface area contributed by atoms with Gasteiger partial charge in [-0.05, 0) is 43.7 Å². The molecule has 166 valence electrons. The molecule has 2 aromatic rings. The van der Waals surface area contributed by atoms with E-state index in [0.29, 0.717) is 18.5 Å². The highest BCUT2D eigenvalue weighted by Crippen LogP contribution is 2.33. The van der Waals surface area contributed by atoms with Crippen LogP contribution in [0.3, 0.4) is 0 Å². The van der Waals surface area contributed by atoms with E-state index in [4.69, 9.17) is 0 Å². The fourth-order valence-corrected chi connectivity index (χ4v) is 4.64. The van der Waals surface area contributed by atoms with Gasteiger partial charge in [-0.2, -0.15) is 0 Å². The van der Waals surface area contributed by atoms with Gasteiger partial charge in [-0.25, -0.2) is 4.79 Å². The number of nitrogens with one attached hydrogen (secondary N) is 1. The van der Waals surface area contributed by atoms with E-state index < -0.39 is 11.6 Å². The smallest absolute Gasteiger partial charge is 0.319 e. The van der Waals surface area contributed by atoms with Crippen molar-refractivity contribution in [3.63, 3.8) is 0 Å². The number of carbonyl (C=O) groups is 3. The van der Waals surface area contributed by atoms with E-state index in [0.717, 1.165) is 41.8 Å². The number of likely N-dealkylation sites (N-methyl/N-ethyl adjacent to an activating group) is 1. The van der Waals surface area contributed by atoms with Crippen molar-refractivity contribution in [1.29, 1.82) is 0 Å². The van der Waals surface area contributed by atoms with Crippen LogP contribution in [-0.2, 0) is 21.5 Å². The molecule has 1 atom stereocenters. The zero-order valence-electron chi connectivity index (χ0n) is 18.4. The normalized spacial score (nSPS) is 20.7. The summed E-state index contributed by atoms with van der Waals surface area (Å²) in [5.41, 5.74) is 1.40. The van der Waals surface area contributed by atoms with E-state index in [1.807, 2.05) is 67.6 Å². The molecule has 0 spiro atoms. The molecule has 1 aliphatic carbocycles. The lowest BCUT2D eigenvalue weighted by Crippen LogP contribution is -2.47. The van der Waals surface area contributed by atoms with E-state index >= 15 is 0 Å². The van der Waals surface area contributed by atoms with Gasteiger partial charge in [0.15, 0.2) is 5.54 Å². The number of allylic oxidation sites excluding steroid dienone is 2. The van der Waals surface area contributed by atoms with Crippen LogP contribution in [0.25, 0.3) is 0 Å². The quantitative estimate of drug-likeness (QED) is 0.674. The zero-order valence-corrected chi connectivity index (χ0v) is 18.4. The van der Waals surface area contributed by atoms with Crippen LogP contribution in [0.1, 0.15) is 43.7 Å². The molecule has 4 rings (SSSR count). The van der Waals surface area contributed by atoms with Crippen molar-refractivity contribution in [3.05, 3.63) is 83.6 Å². The second-order valence-corrected chi connectivity index (χ2v) is 8.33. The third kappa shape index (κ3) is 4.17. The SMILES string of the molecule is CCN(C(=O)CN1C(=O)N[C@@](Cc2ccccc2)(c2ccccc2)C1=O)C1=CCCCC1. The molecule has 0 aromatic heterocycles. The van der Waals surface area contributed by atoms with Crippen molar-refractivity contribution in [2.24, 2.45) is 0 Å². The van der Waals surface area contributed by atoms with E-state index in [2.05, 4.69) is 11.4 Å². The van der Waals surface area contributed by atoms with E-state index in [1.165, 1.54) is 0 Å². The molecule has 32 heavy (non-hydrogen) atoms. The molecule has 6 heteroatoms. The fraction of sp³-hybridized carbons (Fsp3) is 0.346. The average Bonchev–Trinajstić information content (AvgIpc) is 3.06. The molecule has 1 N–H and O–H groups in total. The number of hydrogen-bond donors (Lipinski definition) is 1. The van der Waals surface area contributed by atoms with Gasteiger partial charge in [0, 0.05) is 18.7 Å². The topological polar surface area (TPSA) is 69.7 Å². The average molecular weight is 432 g/mol. The molecule has 0 saturated carbocycles. The minimum absolute atomic E-state index is 0.229. The van der Waals surface area contributed by atoms with E-state index in [9.17, 15) is 14.4 Å². The Morgan fingerprint density at radius 3 is 2.34 bits per heavy atom. The monoisotopic (exact) mass is 431 g/mol. The first-order chi connectivity index (χ1) is 15.5. The predicted octanol–water partition coefficient (Wildman–Crippen LogP) is 3.98. The van der Waals surface area contributed by atoms with Crippen molar-refractivity contribution in [1.82, 2.24) is 15.1 Å². The molecular formula is C26H29N3O3. The Bertz CT molecular complexity index is 1020. The van der Waals surface area contributed by atoms with Crippen molar-refractivity contribution in [3.8, 4) is 0 Å². The van der Waals surface area contributed by atoms with Crippen LogP contribution in [0.5, 0.6) is 0 Å². The largest absolute Gasteiger partial charge is 0.325 e. The van der Waals surface area contributed by atoms with Gasteiger partial charge in [-0.15, -0.1) is 0 Å². The molecule has 0 radical (unpaired) electrons. The van der Waals surface area contributed by atoms with Crippen molar-refractivity contribution in [2.45, 2.75) is 44.6 Å². The summed E-state index contributed by atoms with van der Waals surface area (Å²) in [7, 11) is 0. The number of amides is 4.